The van der Waals surface area contributed by atoms with Crippen LogP contribution in [0.3, 0.4) is 0 Å². The van der Waals surface area contributed by atoms with Gasteiger partial charge in [-0.25, -0.2) is 0 Å². The summed E-state index contributed by atoms with van der Waals surface area (Å²) in [6.07, 6.45) is 4.60. The van der Waals surface area contributed by atoms with Crippen molar-refractivity contribution in [3.63, 3.8) is 0 Å². The molecule has 1 aliphatic carbocycles. The average molecular weight is 360 g/mol. The molecule has 21 heavy (non-hydrogen) atoms. The molecule has 1 saturated carbocycles. The summed E-state index contributed by atoms with van der Waals surface area (Å²) in [5.74, 6) is 0.659. The van der Waals surface area contributed by atoms with Crippen LogP contribution in [-0.4, -0.2) is 42.8 Å². The van der Waals surface area contributed by atoms with Crippen molar-refractivity contribution in [1.29, 1.82) is 0 Å². The van der Waals surface area contributed by atoms with E-state index in [4.69, 9.17) is 9.47 Å². The molecular weight excluding hydrogens is 334 g/mol. The van der Waals surface area contributed by atoms with Crippen molar-refractivity contribution in [3.05, 3.63) is 16.4 Å². The fraction of sp³-hybridized carbons (Fsp3) is 0.800. The third kappa shape index (κ3) is 4.28. The Balaban J connectivity index is 2.25. The number of methoxy groups -OCH3 is 1. The Morgan fingerprint density at radius 2 is 2.24 bits per heavy atom. The number of nitrogens with one attached hydrogen (secondary N) is 1. The number of likely N-dealkylation sites (N-methyl/N-ethyl adjacent to an activating group) is 1. The normalized spacial score (nSPS) is 17.9. The van der Waals surface area contributed by atoms with Crippen LogP contribution in [0.15, 0.2) is 10.7 Å². The highest BCUT2D eigenvalue weighted by atomic mass is 79.9. The van der Waals surface area contributed by atoms with E-state index in [1.807, 2.05) is 10.9 Å². The van der Waals surface area contributed by atoms with Gasteiger partial charge in [-0.2, -0.15) is 5.10 Å². The van der Waals surface area contributed by atoms with E-state index in [2.05, 4.69) is 40.2 Å². The molecule has 2 rings (SSSR count). The minimum Gasteiger partial charge on any atom is -0.383 e. The Morgan fingerprint density at radius 3 is 2.81 bits per heavy atom. The molecule has 2 unspecified atom stereocenters. The standard InChI is InChI=1S/C15H26BrN3O2/c1-4-17-13(15(21-5-2)11-6-7-11)14-12(16)10-18-19(14)8-9-20-3/h10-11,13,15,17H,4-9H2,1-3H3. The van der Waals surface area contributed by atoms with Gasteiger partial charge >= 0.3 is 0 Å². The van der Waals surface area contributed by atoms with Crippen LogP contribution in [0, 0.1) is 5.92 Å². The summed E-state index contributed by atoms with van der Waals surface area (Å²) in [6, 6.07) is 0.163. The van der Waals surface area contributed by atoms with Gasteiger partial charge < -0.3 is 14.8 Å². The van der Waals surface area contributed by atoms with Crippen LogP contribution in [-0.2, 0) is 16.0 Å². The maximum absolute atomic E-state index is 6.06. The van der Waals surface area contributed by atoms with E-state index in [0.717, 1.165) is 24.2 Å². The minimum absolute atomic E-state index is 0.163. The van der Waals surface area contributed by atoms with Gasteiger partial charge in [-0.15, -0.1) is 0 Å². The van der Waals surface area contributed by atoms with E-state index in [9.17, 15) is 0 Å². The Hall–Kier alpha value is -0.430. The summed E-state index contributed by atoms with van der Waals surface area (Å²) in [5.41, 5.74) is 1.17. The van der Waals surface area contributed by atoms with Crippen molar-refractivity contribution in [3.8, 4) is 0 Å². The van der Waals surface area contributed by atoms with Gasteiger partial charge in [-0.3, -0.25) is 4.68 Å². The molecule has 0 bridgehead atoms. The third-order valence-electron chi connectivity index (χ3n) is 3.83. The SMILES string of the molecule is CCNC(c1c(Br)cnn1CCOC)C(OCC)C1CC1. The van der Waals surface area contributed by atoms with E-state index >= 15 is 0 Å². The van der Waals surface area contributed by atoms with Crippen molar-refractivity contribution >= 4 is 15.9 Å². The van der Waals surface area contributed by atoms with Crippen LogP contribution in [0.5, 0.6) is 0 Å². The van der Waals surface area contributed by atoms with E-state index < -0.39 is 0 Å². The van der Waals surface area contributed by atoms with Gasteiger partial charge in [0.2, 0.25) is 0 Å². The minimum atomic E-state index is 0.163. The maximum atomic E-state index is 6.06. The van der Waals surface area contributed by atoms with Crippen LogP contribution in [0.1, 0.15) is 38.4 Å². The predicted molar refractivity (Wildman–Crippen MR) is 86.4 cm³/mol. The van der Waals surface area contributed by atoms with Gasteiger partial charge in [0.05, 0.1) is 41.7 Å². The first kappa shape index (κ1) is 16.9. The van der Waals surface area contributed by atoms with Crippen molar-refractivity contribution < 1.29 is 9.47 Å². The highest BCUT2D eigenvalue weighted by Gasteiger charge is 2.39. The summed E-state index contributed by atoms with van der Waals surface area (Å²) in [7, 11) is 1.72. The maximum Gasteiger partial charge on any atom is 0.0813 e. The van der Waals surface area contributed by atoms with Crippen LogP contribution in [0.25, 0.3) is 0 Å². The number of rotatable bonds is 10. The molecule has 0 saturated heterocycles. The number of ether oxygens (including phenoxy) is 2. The van der Waals surface area contributed by atoms with Gasteiger partial charge in [0.25, 0.3) is 0 Å². The van der Waals surface area contributed by atoms with Crippen molar-refractivity contribution in [1.82, 2.24) is 15.1 Å². The van der Waals surface area contributed by atoms with Gasteiger partial charge in [0.1, 0.15) is 0 Å². The Kier molecular flexibility index (Phi) is 6.67. The zero-order valence-corrected chi connectivity index (χ0v) is 14.7. The predicted octanol–water partition coefficient (Wildman–Crippen LogP) is 2.76. The zero-order valence-electron chi connectivity index (χ0n) is 13.1. The third-order valence-corrected chi connectivity index (χ3v) is 4.44. The van der Waals surface area contributed by atoms with Crippen LogP contribution in [0.4, 0.5) is 0 Å². The number of hydrogen-bond acceptors (Lipinski definition) is 4. The van der Waals surface area contributed by atoms with Crippen LogP contribution >= 0.6 is 15.9 Å². The summed E-state index contributed by atoms with van der Waals surface area (Å²) >= 11 is 3.65. The lowest BCUT2D eigenvalue weighted by atomic mass is 10.0. The first-order valence-corrected chi connectivity index (χ1v) is 8.57. The largest absolute Gasteiger partial charge is 0.383 e. The summed E-state index contributed by atoms with van der Waals surface area (Å²) in [5, 5.41) is 8.07. The second kappa shape index (κ2) is 8.27. The lowest BCUT2D eigenvalue weighted by Gasteiger charge is -2.29. The second-order valence-corrected chi connectivity index (χ2v) is 6.24. The monoisotopic (exact) mass is 359 g/mol. The molecule has 1 N–H and O–H groups in total. The number of halogens is 1. The Morgan fingerprint density at radius 1 is 1.48 bits per heavy atom. The number of nitrogens with zero attached hydrogens (tertiary/aromatic N) is 2. The van der Waals surface area contributed by atoms with Crippen LogP contribution < -0.4 is 5.32 Å². The van der Waals surface area contributed by atoms with E-state index in [1.54, 1.807) is 7.11 Å². The lowest BCUT2D eigenvalue weighted by Crippen LogP contribution is -2.37. The number of hydrogen-bond donors (Lipinski definition) is 1. The molecule has 1 fully saturated rings. The zero-order chi connectivity index (χ0) is 15.2. The molecular formula is C15H26BrN3O2. The molecule has 1 aromatic rings. The second-order valence-electron chi connectivity index (χ2n) is 5.39. The Labute approximate surface area is 135 Å². The van der Waals surface area contributed by atoms with Gasteiger partial charge in [-0.05, 0) is 48.2 Å². The topological polar surface area (TPSA) is 48.3 Å². The molecule has 0 amide bonds. The summed E-state index contributed by atoms with van der Waals surface area (Å²) in [6.45, 7) is 7.25. The highest BCUT2D eigenvalue weighted by Crippen LogP contribution is 2.41. The smallest absolute Gasteiger partial charge is 0.0813 e. The fourth-order valence-corrected chi connectivity index (χ4v) is 3.29. The van der Waals surface area contributed by atoms with Crippen LogP contribution in [0.2, 0.25) is 0 Å². The number of aromatic nitrogens is 2. The molecule has 0 radical (unpaired) electrons. The van der Waals surface area contributed by atoms with Gasteiger partial charge in [0, 0.05) is 13.7 Å². The molecule has 0 aromatic carbocycles. The molecule has 0 spiro atoms. The molecule has 0 aliphatic heterocycles. The lowest BCUT2D eigenvalue weighted by molar-refractivity contribution is 0.0162. The highest BCUT2D eigenvalue weighted by molar-refractivity contribution is 9.10. The summed E-state index contributed by atoms with van der Waals surface area (Å²) in [4.78, 5) is 0. The first-order chi connectivity index (χ1) is 10.2. The first-order valence-electron chi connectivity index (χ1n) is 7.78. The molecule has 1 aliphatic rings. The molecule has 120 valence electrons. The Bertz CT molecular complexity index is 435. The van der Waals surface area contributed by atoms with E-state index in [-0.39, 0.29) is 12.1 Å². The molecule has 6 heteroatoms. The quantitative estimate of drug-likeness (QED) is 0.697. The van der Waals surface area contributed by atoms with E-state index in [0.29, 0.717) is 12.5 Å². The molecule has 5 nitrogen and oxygen atoms in total. The average Bonchev–Trinajstić information content (AvgIpc) is 3.25. The fourth-order valence-electron chi connectivity index (χ4n) is 2.75. The molecule has 1 heterocycles. The van der Waals surface area contributed by atoms with Crippen molar-refractivity contribution in [2.45, 2.75) is 45.4 Å². The van der Waals surface area contributed by atoms with Crippen molar-refractivity contribution in [2.24, 2.45) is 5.92 Å². The summed E-state index contributed by atoms with van der Waals surface area (Å²) < 4.78 is 14.3. The van der Waals surface area contributed by atoms with Gasteiger partial charge in [-0.1, -0.05) is 6.92 Å². The van der Waals surface area contributed by atoms with Gasteiger partial charge in [0.15, 0.2) is 0 Å². The molecule has 1 aromatic heterocycles. The molecule has 2 atom stereocenters. The van der Waals surface area contributed by atoms with E-state index in [1.165, 1.54) is 18.5 Å². The van der Waals surface area contributed by atoms with Crippen molar-refractivity contribution in [2.75, 3.05) is 26.9 Å².